The summed E-state index contributed by atoms with van der Waals surface area (Å²) in [5, 5.41) is 2.38. The van der Waals surface area contributed by atoms with Gasteiger partial charge < -0.3 is 15.0 Å². The molecular formula is C12H17N4O2+. The van der Waals surface area contributed by atoms with Crippen molar-refractivity contribution >= 4 is 11.9 Å². The quantitative estimate of drug-likeness (QED) is 0.708. The van der Waals surface area contributed by atoms with Gasteiger partial charge in [0.25, 0.3) is 0 Å². The molecule has 2 atom stereocenters. The number of nitrogens with two attached hydrogens (primary N) is 1. The van der Waals surface area contributed by atoms with Crippen LogP contribution < -0.4 is 10.2 Å². The van der Waals surface area contributed by atoms with Crippen LogP contribution in [0.5, 0.6) is 0 Å². The van der Waals surface area contributed by atoms with Crippen LogP contribution in [0.2, 0.25) is 0 Å². The van der Waals surface area contributed by atoms with Gasteiger partial charge in [-0.25, -0.2) is 14.8 Å². The van der Waals surface area contributed by atoms with Gasteiger partial charge in [-0.05, 0) is 6.92 Å². The van der Waals surface area contributed by atoms with Crippen LogP contribution in [0.4, 0.5) is 5.95 Å². The fourth-order valence-electron chi connectivity index (χ4n) is 2.73. The van der Waals surface area contributed by atoms with Crippen LogP contribution in [-0.2, 0) is 4.74 Å². The van der Waals surface area contributed by atoms with Crippen molar-refractivity contribution in [2.75, 3.05) is 24.6 Å². The van der Waals surface area contributed by atoms with E-state index in [4.69, 9.17) is 4.74 Å². The highest BCUT2D eigenvalue weighted by Gasteiger charge is 2.42. The lowest BCUT2D eigenvalue weighted by Crippen LogP contribution is -2.91. The molecule has 0 spiro atoms. The van der Waals surface area contributed by atoms with Gasteiger partial charge in [-0.2, -0.15) is 0 Å². The highest BCUT2D eigenvalue weighted by molar-refractivity contribution is 5.88. The number of piperazine rings is 1. The maximum Gasteiger partial charge on any atom is 0.341 e. The molecule has 1 aromatic rings. The van der Waals surface area contributed by atoms with Crippen LogP contribution in [0, 0.1) is 0 Å². The number of quaternary nitrogens is 1. The molecule has 3 heterocycles. The fourth-order valence-corrected chi connectivity index (χ4v) is 2.73. The summed E-state index contributed by atoms with van der Waals surface area (Å²) in [7, 11) is 0. The average molecular weight is 249 g/mol. The van der Waals surface area contributed by atoms with Crippen molar-refractivity contribution < 1.29 is 14.8 Å². The van der Waals surface area contributed by atoms with Gasteiger partial charge >= 0.3 is 5.97 Å². The molecule has 0 aliphatic carbocycles. The number of carbonyl (C=O) groups excluding carboxylic acids is 1. The number of fused-ring (bicyclic) bond motifs is 2. The minimum atomic E-state index is -0.361. The molecule has 0 unspecified atom stereocenters. The third-order valence-electron chi connectivity index (χ3n) is 3.59. The number of hydrogen-bond donors (Lipinski definition) is 1. The first-order valence-electron chi connectivity index (χ1n) is 6.37. The van der Waals surface area contributed by atoms with Gasteiger partial charge in [-0.3, -0.25) is 0 Å². The maximum atomic E-state index is 11.5. The van der Waals surface area contributed by atoms with Crippen LogP contribution >= 0.6 is 0 Å². The number of carbonyl (C=O) groups is 1. The van der Waals surface area contributed by atoms with Crippen molar-refractivity contribution in [1.29, 1.82) is 0 Å². The second-order valence-electron chi connectivity index (χ2n) is 4.77. The first kappa shape index (κ1) is 11.4. The Balaban J connectivity index is 1.73. The molecule has 0 saturated carbocycles. The number of nitrogens with zero attached hydrogens (tertiary/aromatic N) is 3. The largest absolute Gasteiger partial charge is 0.462 e. The standard InChI is InChI=1S/C12H16N4O2/c1-2-18-11(17)8-4-14-12(15-5-8)16-7-9-3-10(16)6-13-9/h4-5,9-10,13H,2-3,6-7H2,1H3/p+1/t9-,10-/m0/s1. The molecule has 96 valence electrons. The van der Waals surface area contributed by atoms with Gasteiger partial charge in [-0.15, -0.1) is 0 Å². The van der Waals surface area contributed by atoms with Gasteiger partial charge in [0.15, 0.2) is 0 Å². The molecule has 2 fully saturated rings. The van der Waals surface area contributed by atoms with Crippen molar-refractivity contribution in [2.45, 2.75) is 25.4 Å². The van der Waals surface area contributed by atoms with Crippen molar-refractivity contribution in [3.05, 3.63) is 18.0 Å². The molecule has 6 nitrogen and oxygen atoms in total. The third kappa shape index (κ3) is 1.92. The van der Waals surface area contributed by atoms with Gasteiger partial charge in [0, 0.05) is 18.8 Å². The molecule has 18 heavy (non-hydrogen) atoms. The normalized spacial score (nSPS) is 25.5. The highest BCUT2D eigenvalue weighted by atomic mass is 16.5. The number of esters is 1. The summed E-state index contributed by atoms with van der Waals surface area (Å²) >= 11 is 0. The predicted molar refractivity (Wildman–Crippen MR) is 64.3 cm³/mol. The van der Waals surface area contributed by atoms with E-state index in [1.54, 1.807) is 19.3 Å². The Morgan fingerprint density at radius 2 is 2.33 bits per heavy atom. The molecule has 0 amide bonds. The van der Waals surface area contributed by atoms with Crippen LogP contribution in [0.15, 0.2) is 12.4 Å². The molecule has 3 rings (SSSR count). The molecular weight excluding hydrogens is 232 g/mol. The summed E-state index contributed by atoms with van der Waals surface area (Å²) in [6, 6.07) is 1.23. The third-order valence-corrected chi connectivity index (χ3v) is 3.59. The number of anilines is 1. The van der Waals surface area contributed by atoms with E-state index < -0.39 is 0 Å². The van der Waals surface area contributed by atoms with Gasteiger partial charge in [0.1, 0.15) is 6.04 Å². The van der Waals surface area contributed by atoms with Crippen LogP contribution in [0.3, 0.4) is 0 Å². The lowest BCUT2D eigenvalue weighted by molar-refractivity contribution is -0.672. The summed E-state index contributed by atoms with van der Waals surface area (Å²) in [6.45, 7) is 4.27. The summed E-state index contributed by atoms with van der Waals surface area (Å²) < 4.78 is 4.91. The van der Waals surface area contributed by atoms with Crippen molar-refractivity contribution in [3.63, 3.8) is 0 Å². The van der Waals surface area contributed by atoms with E-state index in [0.717, 1.165) is 19.0 Å². The Kier molecular flexibility index (Phi) is 2.87. The predicted octanol–water partition coefficient (Wildman–Crippen LogP) is -0.822. The molecule has 2 bridgehead atoms. The lowest BCUT2D eigenvalue weighted by atomic mass is 10.2. The summed E-state index contributed by atoms with van der Waals surface area (Å²) in [6.07, 6.45) is 4.31. The number of ether oxygens (including phenoxy) is 1. The fraction of sp³-hybridized carbons (Fsp3) is 0.583. The number of aromatic nitrogens is 2. The number of hydrogen-bond acceptors (Lipinski definition) is 5. The monoisotopic (exact) mass is 249 g/mol. The molecule has 6 heteroatoms. The van der Waals surface area contributed by atoms with E-state index in [1.807, 2.05) is 0 Å². The first-order chi connectivity index (χ1) is 8.78. The van der Waals surface area contributed by atoms with Crippen molar-refractivity contribution in [2.24, 2.45) is 0 Å². The van der Waals surface area contributed by atoms with Crippen LogP contribution in [0.25, 0.3) is 0 Å². The molecule has 2 saturated heterocycles. The van der Waals surface area contributed by atoms with Gasteiger partial charge in [-0.1, -0.05) is 0 Å². The summed E-state index contributed by atoms with van der Waals surface area (Å²) in [4.78, 5) is 22.3. The Morgan fingerprint density at radius 1 is 1.56 bits per heavy atom. The minimum absolute atomic E-state index is 0.361. The second-order valence-corrected chi connectivity index (χ2v) is 4.77. The molecule has 0 aromatic carbocycles. The summed E-state index contributed by atoms with van der Waals surface area (Å²) in [5.74, 6) is 0.365. The Hall–Kier alpha value is -1.69. The Bertz CT molecular complexity index is 448. The molecule has 2 aliphatic heterocycles. The van der Waals surface area contributed by atoms with Gasteiger partial charge in [0.2, 0.25) is 5.95 Å². The van der Waals surface area contributed by atoms with Crippen LogP contribution in [0.1, 0.15) is 23.7 Å². The molecule has 0 radical (unpaired) electrons. The molecule has 2 aliphatic rings. The maximum absolute atomic E-state index is 11.5. The van der Waals surface area contributed by atoms with E-state index in [-0.39, 0.29) is 5.97 Å². The smallest absolute Gasteiger partial charge is 0.341 e. The van der Waals surface area contributed by atoms with Gasteiger partial charge in [0.05, 0.1) is 31.3 Å². The van der Waals surface area contributed by atoms with E-state index in [9.17, 15) is 4.79 Å². The number of rotatable bonds is 3. The molecule has 1 aromatic heterocycles. The minimum Gasteiger partial charge on any atom is -0.462 e. The SMILES string of the molecule is CCOC(=O)c1cnc(N2C[C@@H]3C[C@H]2C[NH2+]3)nc1. The zero-order valence-electron chi connectivity index (χ0n) is 10.4. The van der Waals surface area contributed by atoms with Crippen molar-refractivity contribution in [1.82, 2.24) is 9.97 Å². The van der Waals surface area contributed by atoms with Crippen LogP contribution in [-0.4, -0.2) is 47.7 Å². The lowest BCUT2D eigenvalue weighted by Gasteiger charge is -2.24. The molecule has 2 N–H and O–H groups in total. The second kappa shape index (κ2) is 4.53. The van der Waals surface area contributed by atoms with E-state index in [2.05, 4.69) is 20.2 Å². The first-order valence-corrected chi connectivity index (χ1v) is 6.37. The zero-order chi connectivity index (χ0) is 12.5. The summed E-state index contributed by atoms with van der Waals surface area (Å²) in [5.41, 5.74) is 0.413. The zero-order valence-corrected chi connectivity index (χ0v) is 10.4. The Morgan fingerprint density at radius 3 is 2.89 bits per heavy atom. The van der Waals surface area contributed by atoms with E-state index in [1.165, 1.54) is 6.42 Å². The highest BCUT2D eigenvalue weighted by Crippen LogP contribution is 2.23. The van der Waals surface area contributed by atoms with E-state index >= 15 is 0 Å². The topological polar surface area (TPSA) is 71.9 Å². The Labute approximate surface area is 105 Å². The van der Waals surface area contributed by atoms with Crippen molar-refractivity contribution in [3.8, 4) is 0 Å². The average Bonchev–Trinajstić information content (AvgIpc) is 3.01. The van der Waals surface area contributed by atoms with E-state index in [0.29, 0.717) is 24.3 Å².